The summed E-state index contributed by atoms with van der Waals surface area (Å²) >= 11 is 0. The van der Waals surface area contributed by atoms with Gasteiger partial charge in [0.05, 0.1) is 11.5 Å². The minimum Gasteiger partial charge on any atom is -0.392 e. The van der Waals surface area contributed by atoms with Crippen LogP contribution in [-0.4, -0.2) is 10.0 Å². The van der Waals surface area contributed by atoms with E-state index in [1.807, 2.05) is 36.4 Å². The van der Waals surface area contributed by atoms with Gasteiger partial charge in [0.25, 0.3) is 5.69 Å². The van der Waals surface area contributed by atoms with Crippen molar-refractivity contribution in [3.8, 4) is 0 Å². The van der Waals surface area contributed by atoms with Crippen LogP contribution in [0.4, 0.5) is 5.69 Å². The highest BCUT2D eigenvalue weighted by molar-refractivity contribution is 5.70. The van der Waals surface area contributed by atoms with E-state index >= 15 is 0 Å². The maximum atomic E-state index is 10.5. The van der Waals surface area contributed by atoms with E-state index in [9.17, 15) is 10.1 Å². The molecule has 0 spiro atoms. The van der Waals surface area contributed by atoms with E-state index in [-0.39, 0.29) is 12.3 Å². The number of benzene rings is 2. The zero-order valence-corrected chi connectivity index (χ0v) is 10.2. The van der Waals surface area contributed by atoms with Crippen LogP contribution in [0.2, 0.25) is 0 Å². The van der Waals surface area contributed by atoms with Gasteiger partial charge in [0.15, 0.2) is 0 Å². The number of nitro groups is 1. The fraction of sp³-hybridized carbons (Fsp3) is 0.0667. The molecule has 0 saturated carbocycles. The highest BCUT2D eigenvalue weighted by Gasteiger charge is 2.02. The van der Waals surface area contributed by atoms with E-state index in [4.69, 9.17) is 5.11 Å². The standard InChI is InChI=1S/C15H13NO3/c17-11-14-5-3-12(4-6-14)1-2-13-7-9-15(10-8-13)16(18)19/h1-10,17H,11H2/b2-1+. The van der Waals surface area contributed by atoms with Gasteiger partial charge in [-0.1, -0.05) is 36.4 Å². The number of aliphatic hydroxyl groups excluding tert-OH is 1. The van der Waals surface area contributed by atoms with Crippen LogP contribution >= 0.6 is 0 Å². The molecule has 0 aliphatic heterocycles. The summed E-state index contributed by atoms with van der Waals surface area (Å²) in [5.74, 6) is 0. The molecule has 2 aromatic rings. The van der Waals surface area contributed by atoms with E-state index in [0.29, 0.717) is 0 Å². The van der Waals surface area contributed by atoms with Crippen molar-refractivity contribution in [1.82, 2.24) is 0 Å². The molecule has 0 saturated heterocycles. The van der Waals surface area contributed by atoms with E-state index in [2.05, 4.69) is 0 Å². The lowest BCUT2D eigenvalue weighted by atomic mass is 10.1. The molecule has 96 valence electrons. The van der Waals surface area contributed by atoms with Crippen molar-refractivity contribution >= 4 is 17.8 Å². The number of rotatable bonds is 4. The second-order valence-electron chi connectivity index (χ2n) is 4.08. The van der Waals surface area contributed by atoms with Crippen LogP contribution in [0, 0.1) is 10.1 Å². The first-order chi connectivity index (χ1) is 9.19. The van der Waals surface area contributed by atoms with Gasteiger partial charge in [0, 0.05) is 12.1 Å². The van der Waals surface area contributed by atoms with Crippen LogP contribution in [0.25, 0.3) is 12.2 Å². The van der Waals surface area contributed by atoms with Crippen molar-refractivity contribution in [2.75, 3.05) is 0 Å². The molecule has 0 unspecified atom stereocenters. The van der Waals surface area contributed by atoms with Crippen molar-refractivity contribution in [2.45, 2.75) is 6.61 Å². The molecule has 0 fully saturated rings. The van der Waals surface area contributed by atoms with E-state index < -0.39 is 4.92 Å². The summed E-state index contributed by atoms with van der Waals surface area (Å²) in [6.45, 7) is 0.0341. The van der Waals surface area contributed by atoms with Crippen LogP contribution in [-0.2, 0) is 6.61 Å². The first-order valence-corrected chi connectivity index (χ1v) is 5.81. The molecule has 0 heterocycles. The van der Waals surface area contributed by atoms with Gasteiger partial charge in [-0.2, -0.15) is 0 Å². The Kier molecular flexibility index (Phi) is 4.05. The molecule has 4 heteroatoms. The van der Waals surface area contributed by atoms with E-state index in [0.717, 1.165) is 16.7 Å². The number of hydrogen-bond donors (Lipinski definition) is 1. The van der Waals surface area contributed by atoms with Gasteiger partial charge in [-0.15, -0.1) is 0 Å². The SMILES string of the molecule is O=[N+]([O-])c1ccc(/C=C/c2ccc(CO)cc2)cc1. The summed E-state index contributed by atoms with van der Waals surface area (Å²) in [7, 11) is 0. The molecule has 0 radical (unpaired) electrons. The third-order valence-electron chi connectivity index (χ3n) is 2.73. The van der Waals surface area contributed by atoms with Crippen LogP contribution in [0.15, 0.2) is 48.5 Å². The molecule has 0 bridgehead atoms. The lowest BCUT2D eigenvalue weighted by Crippen LogP contribution is -1.86. The molecule has 0 aliphatic rings. The Morgan fingerprint density at radius 2 is 1.42 bits per heavy atom. The van der Waals surface area contributed by atoms with Crippen LogP contribution in [0.1, 0.15) is 16.7 Å². The largest absolute Gasteiger partial charge is 0.392 e. The van der Waals surface area contributed by atoms with Gasteiger partial charge < -0.3 is 5.11 Å². The minimum absolute atomic E-state index is 0.0341. The van der Waals surface area contributed by atoms with Gasteiger partial charge in [0.1, 0.15) is 0 Å². The third kappa shape index (κ3) is 3.50. The average Bonchev–Trinajstić information content (AvgIpc) is 2.46. The molecule has 19 heavy (non-hydrogen) atoms. The Bertz CT molecular complexity index is 586. The maximum Gasteiger partial charge on any atom is 0.269 e. The number of nitro benzene ring substituents is 1. The Morgan fingerprint density at radius 1 is 0.947 bits per heavy atom. The number of nitrogens with zero attached hydrogens (tertiary/aromatic N) is 1. The van der Waals surface area contributed by atoms with Crippen LogP contribution in [0.3, 0.4) is 0 Å². The second kappa shape index (κ2) is 5.93. The fourth-order valence-corrected chi connectivity index (χ4v) is 1.63. The van der Waals surface area contributed by atoms with Gasteiger partial charge in [0.2, 0.25) is 0 Å². The quantitative estimate of drug-likeness (QED) is 0.518. The number of hydrogen-bond acceptors (Lipinski definition) is 3. The van der Waals surface area contributed by atoms with Crippen LogP contribution in [0.5, 0.6) is 0 Å². The maximum absolute atomic E-state index is 10.5. The lowest BCUT2D eigenvalue weighted by Gasteiger charge is -1.97. The van der Waals surface area contributed by atoms with E-state index in [1.54, 1.807) is 12.1 Å². The first kappa shape index (κ1) is 13.0. The molecule has 0 aromatic heterocycles. The van der Waals surface area contributed by atoms with Gasteiger partial charge in [-0.3, -0.25) is 10.1 Å². The van der Waals surface area contributed by atoms with Crippen LogP contribution < -0.4 is 0 Å². The first-order valence-electron chi connectivity index (χ1n) is 5.81. The average molecular weight is 255 g/mol. The molecular formula is C15H13NO3. The summed E-state index contributed by atoms with van der Waals surface area (Å²) < 4.78 is 0. The Hall–Kier alpha value is -2.46. The molecule has 0 atom stereocenters. The van der Waals surface area contributed by atoms with E-state index in [1.165, 1.54) is 12.1 Å². The van der Waals surface area contributed by atoms with Crippen molar-refractivity contribution in [2.24, 2.45) is 0 Å². The summed E-state index contributed by atoms with van der Waals surface area (Å²) in [5.41, 5.74) is 2.87. The normalized spacial score (nSPS) is 10.8. The summed E-state index contributed by atoms with van der Waals surface area (Å²) in [6, 6.07) is 13.9. The zero-order valence-electron chi connectivity index (χ0n) is 10.2. The lowest BCUT2D eigenvalue weighted by molar-refractivity contribution is -0.384. The number of non-ortho nitro benzene ring substituents is 1. The third-order valence-corrected chi connectivity index (χ3v) is 2.73. The molecule has 2 aromatic carbocycles. The molecule has 2 rings (SSSR count). The summed E-state index contributed by atoms with van der Waals surface area (Å²) in [4.78, 5) is 10.1. The summed E-state index contributed by atoms with van der Waals surface area (Å²) in [5, 5.41) is 19.5. The Balaban J connectivity index is 2.10. The molecule has 4 nitrogen and oxygen atoms in total. The summed E-state index contributed by atoms with van der Waals surface area (Å²) in [6.07, 6.45) is 3.81. The highest BCUT2D eigenvalue weighted by atomic mass is 16.6. The predicted octanol–water partition coefficient (Wildman–Crippen LogP) is 3.26. The fourth-order valence-electron chi connectivity index (χ4n) is 1.63. The zero-order chi connectivity index (χ0) is 13.7. The topological polar surface area (TPSA) is 63.4 Å². The van der Waals surface area contributed by atoms with Crippen molar-refractivity contribution in [1.29, 1.82) is 0 Å². The van der Waals surface area contributed by atoms with Crippen molar-refractivity contribution in [3.63, 3.8) is 0 Å². The predicted molar refractivity (Wildman–Crippen MR) is 74.4 cm³/mol. The van der Waals surface area contributed by atoms with Gasteiger partial charge in [-0.05, 0) is 28.8 Å². The highest BCUT2D eigenvalue weighted by Crippen LogP contribution is 2.14. The van der Waals surface area contributed by atoms with Gasteiger partial charge >= 0.3 is 0 Å². The minimum atomic E-state index is -0.416. The Morgan fingerprint density at radius 3 is 1.84 bits per heavy atom. The molecular weight excluding hydrogens is 242 g/mol. The number of aliphatic hydroxyl groups is 1. The Labute approximate surface area is 110 Å². The smallest absolute Gasteiger partial charge is 0.269 e. The molecule has 0 amide bonds. The monoisotopic (exact) mass is 255 g/mol. The van der Waals surface area contributed by atoms with Crippen molar-refractivity contribution in [3.05, 3.63) is 75.3 Å². The van der Waals surface area contributed by atoms with Gasteiger partial charge in [-0.25, -0.2) is 0 Å². The second-order valence-corrected chi connectivity index (χ2v) is 4.08. The van der Waals surface area contributed by atoms with Crippen molar-refractivity contribution < 1.29 is 10.0 Å². The molecule has 1 N–H and O–H groups in total. The molecule has 0 aliphatic carbocycles.